The number of aromatic nitrogens is 4. The first kappa shape index (κ1) is 45.6. The Bertz CT molecular complexity index is 2720. The first-order chi connectivity index (χ1) is 31.8. The lowest BCUT2D eigenvalue weighted by Crippen LogP contribution is -2.51. The highest BCUT2D eigenvalue weighted by Gasteiger charge is 2.42. The highest BCUT2D eigenvalue weighted by molar-refractivity contribution is 6.06. The molecule has 3 aliphatic rings. The second-order valence-electron chi connectivity index (χ2n) is 17.8. The molecule has 16 heteroatoms. The molecule has 4 amide bonds. The molecule has 0 spiro atoms. The fourth-order valence-electron chi connectivity index (χ4n) is 9.58. The molecule has 346 valence electrons. The van der Waals surface area contributed by atoms with E-state index in [9.17, 15) is 19.2 Å². The Kier molecular flexibility index (Phi) is 13.3. The van der Waals surface area contributed by atoms with E-state index in [-0.39, 0.29) is 35.6 Å². The van der Waals surface area contributed by atoms with Crippen LogP contribution in [0.4, 0.5) is 9.59 Å². The first-order valence-corrected chi connectivity index (χ1v) is 22.3. The summed E-state index contributed by atoms with van der Waals surface area (Å²) in [4.78, 5) is 73.4. The van der Waals surface area contributed by atoms with Crippen molar-refractivity contribution in [2.24, 2.45) is 17.8 Å². The first-order valence-electron chi connectivity index (χ1n) is 22.3. The number of fused-ring (bicyclic) bond motifs is 4. The zero-order chi connectivity index (χ0) is 46.8. The van der Waals surface area contributed by atoms with E-state index in [1.807, 2.05) is 67.3 Å². The Hall–Kier alpha value is -6.94. The van der Waals surface area contributed by atoms with Crippen molar-refractivity contribution < 1.29 is 38.1 Å². The molecule has 8 rings (SSSR count). The molecule has 0 radical (unpaired) electrons. The maximum Gasteiger partial charge on any atom is 0.407 e. The van der Waals surface area contributed by atoms with E-state index in [0.717, 1.165) is 62.0 Å². The molecule has 0 aliphatic carbocycles. The number of nitrogens with zero attached hydrogens (tertiary/aromatic N) is 4. The molecule has 6 atom stereocenters. The summed E-state index contributed by atoms with van der Waals surface area (Å²) in [5.74, 6) is 1.76. The lowest BCUT2D eigenvalue weighted by Gasteiger charge is -2.30. The smallest absolute Gasteiger partial charge is 0.407 e. The van der Waals surface area contributed by atoms with Crippen molar-refractivity contribution in [3.05, 3.63) is 114 Å². The summed E-state index contributed by atoms with van der Waals surface area (Å²) in [7, 11) is 4.21. The topological polar surface area (TPSA) is 193 Å². The molecule has 4 N–H and O–H groups in total. The minimum absolute atomic E-state index is 0.0526. The van der Waals surface area contributed by atoms with Crippen LogP contribution < -0.4 is 15.4 Å². The van der Waals surface area contributed by atoms with E-state index in [0.29, 0.717) is 49.9 Å². The molecular weight excluding hydrogens is 841 g/mol. The quantitative estimate of drug-likeness (QED) is 0.0848. The van der Waals surface area contributed by atoms with E-state index >= 15 is 0 Å². The fraction of sp³-hybridized carbons (Fsp3) is 0.400. The molecule has 0 saturated carbocycles. The number of alkyl carbamates (subject to hydrolysis) is 2. The summed E-state index contributed by atoms with van der Waals surface area (Å²) in [6.45, 7) is 13.9. The average Bonchev–Trinajstić information content (AvgIpc) is 4.15. The summed E-state index contributed by atoms with van der Waals surface area (Å²) in [5.41, 5.74) is 6.80. The van der Waals surface area contributed by atoms with Crippen LogP contribution in [0.15, 0.2) is 85.1 Å². The largest absolute Gasteiger partial charge is 0.488 e. The number of hydrogen-bond donors (Lipinski definition) is 4. The number of methoxy groups -OCH3 is 3. The van der Waals surface area contributed by atoms with Crippen molar-refractivity contribution in [2.45, 2.75) is 64.7 Å². The monoisotopic (exact) mass is 898 g/mol. The SMILES string of the molecule is C=C/C(=C\C1=C(C)c2cc3ccc4nc([C@@H]5C[C@H](COC)CN5C(=O)[C@H](NC(=O)OC)c5ccccc5)[nH]c4c3cc2OC1)c1cnc([C@@H]2C[C@H](C)CN2C(=O)[C@@H](NC(=O)OC)C(C)C)[nH]1. The van der Waals surface area contributed by atoms with Gasteiger partial charge in [0, 0.05) is 37.1 Å². The van der Waals surface area contributed by atoms with Gasteiger partial charge in [-0.25, -0.2) is 19.6 Å². The Morgan fingerprint density at radius 1 is 0.924 bits per heavy atom. The third-order valence-corrected chi connectivity index (χ3v) is 13.0. The summed E-state index contributed by atoms with van der Waals surface area (Å²) in [6, 6.07) is 15.0. The molecule has 3 aromatic carbocycles. The number of nitrogens with one attached hydrogen (secondary N) is 4. The van der Waals surface area contributed by atoms with Crippen molar-refractivity contribution in [3.63, 3.8) is 0 Å². The molecule has 2 fully saturated rings. The van der Waals surface area contributed by atoms with E-state index in [1.165, 1.54) is 14.2 Å². The van der Waals surface area contributed by atoms with Gasteiger partial charge in [0.05, 0.1) is 55.8 Å². The van der Waals surface area contributed by atoms with Gasteiger partial charge < -0.3 is 49.3 Å². The molecule has 16 nitrogen and oxygen atoms in total. The second kappa shape index (κ2) is 19.3. The highest BCUT2D eigenvalue weighted by Crippen LogP contribution is 2.42. The van der Waals surface area contributed by atoms with Crippen LogP contribution in [0.2, 0.25) is 0 Å². The minimum Gasteiger partial charge on any atom is -0.488 e. The second-order valence-corrected chi connectivity index (χ2v) is 17.8. The van der Waals surface area contributed by atoms with Crippen molar-refractivity contribution in [2.75, 3.05) is 47.6 Å². The van der Waals surface area contributed by atoms with Gasteiger partial charge in [0.25, 0.3) is 5.91 Å². The molecule has 5 aromatic rings. The molecule has 2 saturated heterocycles. The van der Waals surface area contributed by atoms with E-state index < -0.39 is 30.3 Å². The van der Waals surface area contributed by atoms with Gasteiger partial charge in [-0.05, 0) is 83.5 Å². The number of H-pyrrole nitrogens is 2. The number of aromatic amines is 2. The molecule has 3 aliphatic heterocycles. The van der Waals surface area contributed by atoms with Gasteiger partial charge in [-0.1, -0.05) is 69.8 Å². The van der Waals surface area contributed by atoms with Gasteiger partial charge in [-0.15, -0.1) is 0 Å². The molecule has 0 bridgehead atoms. The predicted octanol–water partition coefficient (Wildman–Crippen LogP) is 7.80. The van der Waals surface area contributed by atoms with Gasteiger partial charge in [0.1, 0.15) is 36.1 Å². The normalized spacial score (nSPS) is 20.6. The number of allylic oxidation sites excluding steroid dienone is 3. The Morgan fingerprint density at radius 3 is 2.36 bits per heavy atom. The van der Waals surface area contributed by atoms with Crippen molar-refractivity contribution in [3.8, 4) is 5.75 Å². The van der Waals surface area contributed by atoms with Gasteiger partial charge in [-0.2, -0.15) is 0 Å². The van der Waals surface area contributed by atoms with Gasteiger partial charge in [0.15, 0.2) is 0 Å². The molecule has 2 aromatic heterocycles. The van der Waals surface area contributed by atoms with Crippen LogP contribution in [0.1, 0.15) is 87.1 Å². The lowest BCUT2D eigenvalue weighted by molar-refractivity contribution is -0.136. The van der Waals surface area contributed by atoms with Gasteiger partial charge in [0.2, 0.25) is 5.91 Å². The van der Waals surface area contributed by atoms with E-state index in [1.54, 1.807) is 24.3 Å². The summed E-state index contributed by atoms with van der Waals surface area (Å²) >= 11 is 0. The van der Waals surface area contributed by atoms with Crippen LogP contribution in [0.25, 0.3) is 33.0 Å². The highest BCUT2D eigenvalue weighted by atomic mass is 16.5. The number of amides is 4. The van der Waals surface area contributed by atoms with Crippen LogP contribution in [0.5, 0.6) is 5.75 Å². The zero-order valence-corrected chi connectivity index (χ0v) is 38.5. The number of ether oxygens (including phenoxy) is 4. The Morgan fingerprint density at radius 2 is 1.65 bits per heavy atom. The molecule has 5 heterocycles. The predicted molar refractivity (Wildman–Crippen MR) is 250 cm³/mol. The average molecular weight is 899 g/mol. The lowest BCUT2D eigenvalue weighted by atomic mass is 9.94. The number of benzene rings is 3. The third-order valence-electron chi connectivity index (χ3n) is 13.0. The van der Waals surface area contributed by atoms with Crippen LogP contribution in [0, 0.1) is 17.8 Å². The number of rotatable bonds is 13. The summed E-state index contributed by atoms with van der Waals surface area (Å²) in [5, 5.41) is 7.38. The summed E-state index contributed by atoms with van der Waals surface area (Å²) in [6.07, 6.45) is 5.61. The summed E-state index contributed by atoms with van der Waals surface area (Å²) < 4.78 is 21.7. The third kappa shape index (κ3) is 9.01. The maximum atomic E-state index is 14.4. The molecule has 66 heavy (non-hydrogen) atoms. The minimum atomic E-state index is -0.960. The maximum absolute atomic E-state index is 14.4. The number of carbonyl (C=O) groups is 4. The van der Waals surface area contributed by atoms with Crippen LogP contribution in [-0.4, -0.2) is 107 Å². The molecular formula is C50H58N8O8. The number of likely N-dealkylation sites (tertiary alicyclic amines) is 2. The van der Waals surface area contributed by atoms with Gasteiger partial charge in [-0.3, -0.25) is 9.59 Å². The van der Waals surface area contributed by atoms with Crippen LogP contribution >= 0.6 is 0 Å². The Balaban J connectivity index is 1.07. The number of imidazole rings is 2. The van der Waals surface area contributed by atoms with Crippen molar-refractivity contribution in [1.82, 2.24) is 40.4 Å². The van der Waals surface area contributed by atoms with Crippen LogP contribution in [-0.2, 0) is 23.8 Å². The van der Waals surface area contributed by atoms with Crippen LogP contribution in [0.3, 0.4) is 0 Å². The van der Waals surface area contributed by atoms with E-state index in [4.69, 9.17) is 28.9 Å². The fourth-order valence-corrected chi connectivity index (χ4v) is 9.58. The van der Waals surface area contributed by atoms with Crippen molar-refractivity contribution in [1.29, 1.82) is 0 Å². The van der Waals surface area contributed by atoms with Crippen molar-refractivity contribution >= 4 is 57.0 Å². The number of hydrogen-bond acceptors (Lipinski definition) is 10. The Labute approximate surface area is 383 Å². The zero-order valence-electron chi connectivity index (χ0n) is 38.5. The van der Waals surface area contributed by atoms with E-state index in [2.05, 4.69) is 53.2 Å². The number of carbonyl (C=O) groups excluding carboxylic acids is 4. The van der Waals surface area contributed by atoms with Gasteiger partial charge >= 0.3 is 12.2 Å². The standard InChI is InChI=1S/C50H58N8O8/c1-9-31(38-22-51-45(53-38)39-17-28(4)23-57(39)47(59)42(27(2)3)55-49(61)64-7)19-34-26-66-41-21-36-33(20-35(41)29(34)5)15-16-37-44(36)54-46(52-37)40-18-30(25-63-6)24-58(40)48(60)43(56-50(62)65-8)32-13-11-10-12-14-32/h9-16,19-22,27-28,30,39-40,42-43H,1,17-18,23-26H2,2-8H3,(H,51,53)(H,52,54)(H,55,61)(H,56,62)/b31-19+/t28-,30-,39-,40-,42-,43+/m0/s1. The molecule has 0 unspecified atom stereocenters.